The molecule has 10 heteroatoms. The van der Waals surface area contributed by atoms with Crippen LogP contribution in [0.25, 0.3) is 0 Å². The molecule has 4 atom stereocenters. The number of para-hydroxylation sites is 1. The molecule has 9 nitrogen and oxygen atoms in total. The van der Waals surface area contributed by atoms with Crippen LogP contribution in [0.4, 0.5) is 10.5 Å². The molecular weight excluding hydrogens is 500 g/mol. The number of likely N-dealkylation sites (tertiary alicyclic amines) is 1. The monoisotopic (exact) mass is 530 g/mol. The van der Waals surface area contributed by atoms with Gasteiger partial charge in [-0.1, -0.05) is 30.0 Å². The molecule has 0 radical (unpaired) electrons. The van der Waals surface area contributed by atoms with Gasteiger partial charge in [0.25, 0.3) is 5.91 Å². The Balaban J connectivity index is 1.24. The molecule has 3 unspecified atom stereocenters. The number of aryl methyl sites for hydroxylation is 1. The fraction of sp³-hybridized carbons (Fsp3) is 0.393. The molecule has 196 valence electrons. The molecule has 3 N–H and O–H groups in total. The molecule has 6 rings (SSSR count). The Morgan fingerprint density at radius 2 is 2.03 bits per heavy atom. The number of hydrogen-bond donors (Lipinski definition) is 3. The number of anilines is 1. The van der Waals surface area contributed by atoms with Gasteiger partial charge in [-0.25, -0.2) is 4.79 Å². The van der Waals surface area contributed by atoms with E-state index in [4.69, 9.17) is 4.74 Å². The molecule has 2 aromatic rings. The lowest BCUT2D eigenvalue weighted by atomic mass is 9.86. The van der Waals surface area contributed by atoms with Crippen molar-refractivity contribution in [3.8, 4) is 17.7 Å². The summed E-state index contributed by atoms with van der Waals surface area (Å²) in [6, 6.07) is 15.0. The fourth-order valence-corrected chi connectivity index (χ4v) is 7.32. The number of nitrogens with zero attached hydrogens (tertiary/aromatic N) is 3. The van der Waals surface area contributed by atoms with Crippen molar-refractivity contribution in [1.29, 1.82) is 5.26 Å². The largest absolute Gasteiger partial charge is 0.457 e. The first kappa shape index (κ1) is 24.6. The zero-order valence-corrected chi connectivity index (χ0v) is 22.0. The maximum Gasteiger partial charge on any atom is 0.326 e. The number of piperidine rings is 2. The average molecular weight is 531 g/mol. The van der Waals surface area contributed by atoms with Crippen LogP contribution in [0, 0.1) is 24.3 Å². The predicted molar refractivity (Wildman–Crippen MR) is 145 cm³/mol. The van der Waals surface area contributed by atoms with E-state index in [1.807, 2.05) is 60.4 Å². The van der Waals surface area contributed by atoms with Crippen LogP contribution < -0.4 is 25.6 Å². The molecular formula is C28H30N6O3S. The molecule has 4 aliphatic rings. The van der Waals surface area contributed by atoms with Gasteiger partial charge < -0.3 is 25.6 Å². The molecule has 3 amide bonds. The third-order valence-corrected chi connectivity index (χ3v) is 9.01. The van der Waals surface area contributed by atoms with E-state index >= 15 is 0 Å². The Morgan fingerprint density at radius 3 is 2.82 bits per heavy atom. The minimum atomic E-state index is -0.220. The van der Waals surface area contributed by atoms with Crippen molar-refractivity contribution in [2.45, 2.75) is 43.6 Å². The quantitative estimate of drug-likeness (QED) is 0.507. The predicted octanol–water partition coefficient (Wildman–Crippen LogP) is 3.64. The van der Waals surface area contributed by atoms with Crippen LogP contribution in [0.1, 0.15) is 24.8 Å². The summed E-state index contributed by atoms with van der Waals surface area (Å²) in [6.07, 6.45) is 4.68. The highest BCUT2D eigenvalue weighted by Gasteiger charge is 2.52. The number of amides is 3. The highest BCUT2D eigenvalue weighted by atomic mass is 32.2. The molecule has 0 saturated carbocycles. The van der Waals surface area contributed by atoms with Crippen LogP contribution >= 0.6 is 11.8 Å². The number of benzene rings is 2. The summed E-state index contributed by atoms with van der Waals surface area (Å²) in [5.41, 5.74) is 2.50. The summed E-state index contributed by atoms with van der Waals surface area (Å²) in [5, 5.41) is 19.0. The topological polar surface area (TPSA) is 110 Å². The van der Waals surface area contributed by atoms with E-state index < -0.39 is 0 Å². The van der Waals surface area contributed by atoms with Crippen LogP contribution in [0.5, 0.6) is 11.5 Å². The minimum Gasteiger partial charge on any atom is -0.457 e. The van der Waals surface area contributed by atoms with Gasteiger partial charge in [-0.2, -0.15) is 5.26 Å². The number of thioether (sulfide) groups is 1. The van der Waals surface area contributed by atoms with Crippen molar-refractivity contribution in [2.75, 3.05) is 24.5 Å². The molecule has 3 saturated heterocycles. The number of urea groups is 1. The summed E-state index contributed by atoms with van der Waals surface area (Å²) < 4.78 is 5.99. The maximum atomic E-state index is 13.6. The van der Waals surface area contributed by atoms with Gasteiger partial charge in [-0.3, -0.25) is 9.69 Å². The van der Waals surface area contributed by atoms with Crippen molar-refractivity contribution in [3.05, 3.63) is 64.7 Å². The van der Waals surface area contributed by atoms with Crippen molar-refractivity contribution in [2.24, 2.45) is 5.92 Å². The summed E-state index contributed by atoms with van der Waals surface area (Å²) in [5.74, 6) is 1.28. The van der Waals surface area contributed by atoms with Crippen molar-refractivity contribution < 1.29 is 14.3 Å². The van der Waals surface area contributed by atoms with Gasteiger partial charge in [-0.15, -0.1) is 0 Å². The lowest BCUT2D eigenvalue weighted by Gasteiger charge is -2.46. The second kappa shape index (κ2) is 10.2. The molecule has 38 heavy (non-hydrogen) atoms. The maximum absolute atomic E-state index is 13.6. The van der Waals surface area contributed by atoms with E-state index in [1.165, 1.54) is 11.8 Å². The van der Waals surface area contributed by atoms with Gasteiger partial charge in [0, 0.05) is 36.4 Å². The lowest BCUT2D eigenvalue weighted by molar-refractivity contribution is -0.117. The number of carbonyl (C=O) groups is 2. The average Bonchev–Trinajstić information content (AvgIpc) is 3.30. The SMILES string of the molecule is Cc1cc(Oc2ccccc2)ccc1N1C(=O)NC2=C(C(=O)N[C@H]3CCCN(C#N)C3)SC3NCCC1C23. The zero-order valence-electron chi connectivity index (χ0n) is 21.1. The van der Waals surface area contributed by atoms with E-state index in [-0.39, 0.29) is 35.3 Å². The second-order valence-electron chi connectivity index (χ2n) is 10.1. The van der Waals surface area contributed by atoms with Crippen LogP contribution in [0.3, 0.4) is 0 Å². The Labute approximate surface area is 226 Å². The normalized spacial score (nSPS) is 26.4. The molecule has 0 aliphatic carbocycles. The lowest BCUT2D eigenvalue weighted by Crippen LogP contribution is -2.62. The van der Waals surface area contributed by atoms with Crippen LogP contribution in [-0.4, -0.2) is 53.9 Å². The molecule has 0 spiro atoms. The van der Waals surface area contributed by atoms with Crippen LogP contribution in [0.15, 0.2) is 59.1 Å². The van der Waals surface area contributed by atoms with Crippen LogP contribution in [-0.2, 0) is 4.79 Å². The van der Waals surface area contributed by atoms with E-state index in [0.717, 1.165) is 49.4 Å². The third kappa shape index (κ3) is 4.57. The van der Waals surface area contributed by atoms with E-state index in [9.17, 15) is 14.9 Å². The molecule has 4 heterocycles. The number of rotatable bonds is 5. The standard InChI is InChI=1S/C28H30N6O3S/c1-17-14-20(37-19-7-3-2-4-8-19)9-10-21(17)34-22-11-12-30-27-23(22)24(32-28(34)36)25(38-27)26(35)31-18-6-5-13-33(15-18)16-29/h2-4,7-10,14,18,22-23,27,30H,5-6,11-13,15H2,1H3,(H,31,35)(H,32,36)/t18-,22?,23?,27?/m0/s1. The highest BCUT2D eigenvalue weighted by Crippen LogP contribution is 2.48. The highest BCUT2D eigenvalue weighted by molar-refractivity contribution is 8.04. The van der Waals surface area contributed by atoms with Gasteiger partial charge in [-0.05, 0) is 68.6 Å². The van der Waals surface area contributed by atoms with E-state index in [0.29, 0.717) is 22.9 Å². The first-order valence-electron chi connectivity index (χ1n) is 13.1. The van der Waals surface area contributed by atoms with Crippen LogP contribution in [0.2, 0.25) is 0 Å². The molecule has 4 aliphatic heterocycles. The number of ether oxygens (including phenoxy) is 1. The number of hydrogen-bond acceptors (Lipinski definition) is 7. The molecule has 2 aromatic carbocycles. The second-order valence-corrected chi connectivity index (χ2v) is 11.3. The van der Waals surface area contributed by atoms with Gasteiger partial charge >= 0.3 is 6.03 Å². The Hall–Kier alpha value is -3.68. The van der Waals surface area contributed by atoms with Gasteiger partial charge in [0.05, 0.1) is 16.3 Å². The third-order valence-electron chi connectivity index (χ3n) is 7.65. The van der Waals surface area contributed by atoms with E-state index in [1.54, 1.807) is 4.90 Å². The van der Waals surface area contributed by atoms with Crippen molar-refractivity contribution in [1.82, 2.24) is 20.9 Å². The first-order valence-corrected chi connectivity index (χ1v) is 13.9. The van der Waals surface area contributed by atoms with Crippen molar-refractivity contribution >= 4 is 29.4 Å². The minimum absolute atomic E-state index is 0.00977. The zero-order chi connectivity index (χ0) is 26.2. The number of nitriles is 1. The van der Waals surface area contributed by atoms with Gasteiger partial charge in [0.1, 0.15) is 11.5 Å². The smallest absolute Gasteiger partial charge is 0.326 e. The number of carbonyl (C=O) groups excluding carboxylic acids is 2. The Morgan fingerprint density at radius 1 is 1.18 bits per heavy atom. The summed E-state index contributed by atoms with van der Waals surface area (Å²) >= 11 is 1.50. The summed E-state index contributed by atoms with van der Waals surface area (Å²) in [7, 11) is 0. The summed E-state index contributed by atoms with van der Waals surface area (Å²) in [4.78, 5) is 31.0. The molecule has 3 fully saturated rings. The fourth-order valence-electron chi connectivity index (χ4n) is 5.93. The first-order chi connectivity index (χ1) is 18.5. The Kier molecular flexibility index (Phi) is 6.64. The van der Waals surface area contributed by atoms with Gasteiger partial charge in [0.15, 0.2) is 6.19 Å². The van der Waals surface area contributed by atoms with E-state index in [2.05, 4.69) is 22.1 Å². The summed E-state index contributed by atoms with van der Waals surface area (Å²) in [6.45, 7) is 4.00. The Bertz CT molecular complexity index is 1330. The molecule has 0 aromatic heterocycles. The van der Waals surface area contributed by atoms with Crippen molar-refractivity contribution in [3.63, 3.8) is 0 Å². The number of nitrogens with one attached hydrogen (secondary N) is 3. The van der Waals surface area contributed by atoms with Gasteiger partial charge in [0.2, 0.25) is 0 Å². The molecule has 0 bridgehead atoms.